The molecule has 1 fully saturated rings. The number of hydrogen-bond donors (Lipinski definition) is 2. The monoisotopic (exact) mass is 504 g/mol. The van der Waals surface area contributed by atoms with E-state index in [1.807, 2.05) is 49.9 Å². The maximum Gasteiger partial charge on any atom is 0.225 e. The molecular formula is C20H33IN4O3. The average Bonchev–Trinajstić information content (AvgIpc) is 3.13. The molecule has 158 valence electrons. The Kier molecular flexibility index (Phi) is 10.4. The van der Waals surface area contributed by atoms with Crippen molar-refractivity contribution in [2.45, 2.75) is 39.3 Å². The molecule has 2 rings (SSSR count). The number of carbonyl (C=O) groups excluding carboxylic acids is 1. The molecule has 8 heteroatoms. The summed E-state index contributed by atoms with van der Waals surface area (Å²) in [5.41, 5.74) is 0. The van der Waals surface area contributed by atoms with Crippen LogP contribution in [0, 0.1) is 5.92 Å². The number of carbonyl (C=O) groups is 1. The van der Waals surface area contributed by atoms with E-state index in [1.165, 1.54) is 0 Å². The van der Waals surface area contributed by atoms with E-state index < -0.39 is 0 Å². The number of amides is 1. The molecule has 1 aromatic rings. The van der Waals surface area contributed by atoms with Gasteiger partial charge in [-0.25, -0.2) is 0 Å². The predicted molar refractivity (Wildman–Crippen MR) is 123 cm³/mol. The number of ether oxygens (including phenoxy) is 2. The zero-order chi connectivity index (χ0) is 19.8. The van der Waals surface area contributed by atoms with Crippen LogP contribution in [0.2, 0.25) is 0 Å². The van der Waals surface area contributed by atoms with Gasteiger partial charge in [0, 0.05) is 32.1 Å². The number of guanidine groups is 1. The van der Waals surface area contributed by atoms with Gasteiger partial charge in [-0.05, 0) is 37.6 Å². The number of hydrogen-bond acceptors (Lipinski definition) is 4. The zero-order valence-corrected chi connectivity index (χ0v) is 19.7. The lowest BCUT2D eigenvalue weighted by Gasteiger charge is -2.21. The Hall–Kier alpha value is -1.71. The van der Waals surface area contributed by atoms with Crippen LogP contribution < -0.4 is 20.1 Å². The van der Waals surface area contributed by atoms with Gasteiger partial charge in [0.2, 0.25) is 5.91 Å². The molecule has 1 saturated heterocycles. The van der Waals surface area contributed by atoms with Gasteiger partial charge in [0.1, 0.15) is 17.6 Å². The molecule has 0 spiro atoms. The van der Waals surface area contributed by atoms with Crippen LogP contribution in [-0.2, 0) is 4.79 Å². The molecule has 1 aliphatic heterocycles. The molecule has 2 unspecified atom stereocenters. The largest absolute Gasteiger partial charge is 0.497 e. The number of aliphatic imine (C=N–C) groups is 1. The van der Waals surface area contributed by atoms with Crippen LogP contribution in [0.15, 0.2) is 29.3 Å². The zero-order valence-electron chi connectivity index (χ0n) is 17.4. The van der Waals surface area contributed by atoms with Crippen LogP contribution in [0.5, 0.6) is 11.5 Å². The second-order valence-electron chi connectivity index (χ2n) is 7.13. The Labute approximate surface area is 185 Å². The third kappa shape index (κ3) is 7.37. The summed E-state index contributed by atoms with van der Waals surface area (Å²) in [6.07, 6.45) is 0.899. The molecule has 0 saturated carbocycles. The van der Waals surface area contributed by atoms with Crippen molar-refractivity contribution in [3.8, 4) is 11.5 Å². The summed E-state index contributed by atoms with van der Waals surface area (Å²) in [5, 5.41) is 6.69. The molecule has 1 aromatic carbocycles. The summed E-state index contributed by atoms with van der Waals surface area (Å²) in [5.74, 6) is 2.58. The maximum absolute atomic E-state index is 12.1. The summed E-state index contributed by atoms with van der Waals surface area (Å²) in [7, 11) is 3.39. The summed E-state index contributed by atoms with van der Waals surface area (Å²) >= 11 is 0. The van der Waals surface area contributed by atoms with Gasteiger partial charge >= 0.3 is 0 Å². The summed E-state index contributed by atoms with van der Waals surface area (Å²) < 4.78 is 11.0. The lowest BCUT2D eigenvalue weighted by atomic mass is 10.2. The Morgan fingerprint density at radius 3 is 2.46 bits per heavy atom. The van der Waals surface area contributed by atoms with Crippen LogP contribution in [-0.4, -0.2) is 62.7 Å². The Morgan fingerprint density at radius 1 is 1.25 bits per heavy atom. The predicted octanol–water partition coefficient (Wildman–Crippen LogP) is 2.50. The molecule has 7 nitrogen and oxygen atoms in total. The fourth-order valence-electron chi connectivity index (χ4n) is 3.00. The molecule has 2 N–H and O–H groups in total. The number of methoxy groups -OCH3 is 1. The van der Waals surface area contributed by atoms with Crippen molar-refractivity contribution >= 4 is 35.8 Å². The lowest BCUT2D eigenvalue weighted by molar-refractivity contribution is -0.133. The van der Waals surface area contributed by atoms with Gasteiger partial charge < -0.3 is 25.0 Å². The number of nitrogens with one attached hydrogen (secondary N) is 2. The average molecular weight is 504 g/mol. The van der Waals surface area contributed by atoms with Crippen molar-refractivity contribution < 1.29 is 14.3 Å². The van der Waals surface area contributed by atoms with Gasteiger partial charge in [-0.15, -0.1) is 24.0 Å². The molecule has 1 amide bonds. The quantitative estimate of drug-likeness (QED) is 0.339. The van der Waals surface area contributed by atoms with E-state index >= 15 is 0 Å². The highest BCUT2D eigenvalue weighted by molar-refractivity contribution is 14.0. The topological polar surface area (TPSA) is 75.2 Å². The third-order valence-corrected chi connectivity index (χ3v) is 4.51. The normalized spacial score (nSPS) is 17.7. The minimum atomic E-state index is -0.0282. The summed E-state index contributed by atoms with van der Waals surface area (Å²) in [4.78, 5) is 18.3. The van der Waals surface area contributed by atoms with Crippen LogP contribution in [0.3, 0.4) is 0 Å². The van der Waals surface area contributed by atoms with E-state index in [2.05, 4.69) is 15.6 Å². The van der Waals surface area contributed by atoms with Crippen molar-refractivity contribution in [1.82, 2.24) is 15.5 Å². The Balaban J connectivity index is 0.00000392. The molecule has 2 atom stereocenters. The summed E-state index contributed by atoms with van der Waals surface area (Å²) in [6.45, 7) is 8.01. The van der Waals surface area contributed by atoms with Gasteiger partial charge in [0.15, 0.2) is 5.96 Å². The third-order valence-electron chi connectivity index (χ3n) is 4.51. The number of benzene rings is 1. The molecule has 0 aliphatic carbocycles. The molecule has 28 heavy (non-hydrogen) atoms. The molecule has 0 bridgehead atoms. The second kappa shape index (κ2) is 12.0. The number of likely N-dealkylation sites (tertiary alicyclic amines) is 1. The van der Waals surface area contributed by atoms with E-state index in [0.29, 0.717) is 6.54 Å². The van der Waals surface area contributed by atoms with Crippen molar-refractivity contribution in [2.24, 2.45) is 10.9 Å². The minimum absolute atomic E-state index is 0. The van der Waals surface area contributed by atoms with Gasteiger partial charge in [-0.1, -0.05) is 13.8 Å². The first kappa shape index (κ1) is 24.3. The van der Waals surface area contributed by atoms with Gasteiger partial charge in [0.05, 0.1) is 13.7 Å². The SMILES string of the molecule is CN=C(NCC(C)Oc1ccc(OC)cc1)NC1CCN(C(=O)C(C)C)C1.I. The second-order valence-corrected chi connectivity index (χ2v) is 7.13. The van der Waals surface area contributed by atoms with Crippen molar-refractivity contribution in [3.05, 3.63) is 24.3 Å². The van der Waals surface area contributed by atoms with Gasteiger partial charge in [-0.2, -0.15) is 0 Å². The van der Waals surface area contributed by atoms with E-state index in [9.17, 15) is 4.79 Å². The van der Waals surface area contributed by atoms with E-state index in [0.717, 1.165) is 37.0 Å². The first-order chi connectivity index (χ1) is 12.9. The smallest absolute Gasteiger partial charge is 0.225 e. The highest BCUT2D eigenvalue weighted by atomic mass is 127. The summed E-state index contributed by atoms with van der Waals surface area (Å²) in [6, 6.07) is 7.75. The molecular weight excluding hydrogens is 471 g/mol. The first-order valence-corrected chi connectivity index (χ1v) is 9.49. The Bertz CT molecular complexity index is 637. The minimum Gasteiger partial charge on any atom is -0.497 e. The first-order valence-electron chi connectivity index (χ1n) is 9.49. The number of nitrogens with zero attached hydrogens (tertiary/aromatic N) is 2. The van der Waals surface area contributed by atoms with E-state index in [4.69, 9.17) is 9.47 Å². The standard InChI is InChI=1S/C20H32N4O3.HI/c1-14(2)19(25)24-11-10-16(13-24)23-20(21-4)22-12-15(3)27-18-8-6-17(26-5)7-9-18;/h6-9,14-16H,10-13H2,1-5H3,(H2,21,22,23);1H. The van der Waals surface area contributed by atoms with Gasteiger partial charge in [0.25, 0.3) is 0 Å². The molecule has 0 aromatic heterocycles. The molecule has 1 aliphatic rings. The van der Waals surface area contributed by atoms with E-state index in [1.54, 1.807) is 14.2 Å². The van der Waals surface area contributed by atoms with Crippen LogP contribution in [0.4, 0.5) is 0 Å². The maximum atomic E-state index is 12.1. The van der Waals surface area contributed by atoms with Crippen LogP contribution >= 0.6 is 24.0 Å². The van der Waals surface area contributed by atoms with Crippen molar-refractivity contribution in [1.29, 1.82) is 0 Å². The number of rotatable bonds is 7. The lowest BCUT2D eigenvalue weighted by Crippen LogP contribution is -2.47. The van der Waals surface area contributed by atoms with Crippen molar-refractivity contribution in [2.75, 3.05) is 33.8 Å². The Morgan fingerprint density at radius 2 is 1.89 bits per heavy atom. The van der Waals surface area contributed by atoms with E-state index in [-0.39, 0.29) is 47.9 Å². The molecule has 1 heterocycles. The van der Waals surface area contributed by atoms with Gasteiger partial charge in [-0.3, -0.25) is 9.79 Å². The number of halogens is 1. The van der Waals surface area contributed by atoms with Crippen molar-refractivity contribution in [3.63, 3.8) is 0 Å². The molecule has 0 radical (unpaired) electrons. The highest BCUT2D eigenvalue weighted by Gasteiger charge is 2.28. The fraction of sp³-hybridized carbons (Fsp3) is 0.600. The van der Waals surface area contributed by atoms with Crippen LogP contribution in [0.25, 0.3) is 0 Å². The fourth-order valence-corrected chi connectivity index (χ4v) is 3.00. The van der Waals surface area contributed by atoms with Crippen LogP contribution in [0.1, 0.15) is 27.2 Å². The highest BCUT2D eigenvalue weighted by Crippen LogP contribution is 2.18.